The molecule has 0 fully saturated rings. The number of hydrogen-bond donors (Lipinski definition) is 0. The van der Waals surface area contributed by atoms with Crippen molar-refractivity contribution in [2.24, 2.45) is 5.92 Å². The molecule has 0 bridgehead atoms. The highest BCUT2D eigenvalue weighted by atomic mass is 127. The van der Waals surface area contributed by atoms with Crippen molar-refractivity contribution in [2.75, 3.05) is 6.61 Å². The van der Waals surface area contributed by atoms with Gasteiger partial charge in [0.25, 0.3) is 10.1 Å². The van der Waals surface area contributed by atoms with Crippen LogP contribution >= 0.6 is 22.6 Å². The van der Waals surface area contributed by atoms with Crippen LogP contribution in [0.25, 0.3) is 0 Å². The second-order valence-electron chi connectivity index (χ2n) is 7.16. The summed E-state index contributed by atoms with van der Waals surface area (Å²) in [4.78, 5) is 0.193. The van der Waals surface area contributed by atoms with E-state index in [0.29, 0.717) is 0 Å². The summed E-state index contributed by atoms with van der Waals surface area (Å²) in [7, 11) is -5.58. The van der Waals surface area contributed by atoms with E-state index in [-0.39, 0.29) is 23.5 Å². The van der Waals surface area contributed by atoms with E-state index < -0.39 is 18.4 Å². The molecule has 2 atom stereocenters. The van der Waals surface area contributed by atoms with Gasteiger partial charge in [-0.05, 0) is 53.8 Å². The topological polar surface area (TPSA) is 52.6 Å². The first-order chi connectivity index (χ1) is 12.6. The minimum atomic E-state index is -3.76. The average molecular weight is 525 g/mol. The van der Waals surface area contributed by atoms with Crippen molar-refractivity contribution >= 4 is 41.0 Å². The Morgan fingerprint density at radius 2 is 1.67 bits per heavy atom. The van der Waals surface area contributed by atoms with Crippen LogP contribution in [-0.4, -0.2) is 29.4 Å². The number of rotatable bonds is 11. The van der Waals surface area contributed by atoms with Crippen LogP contribution in [0.2, 0.25) is 18.1 Å². The summed E-state index contributed by atoms with van der Waals surface area (Å²) >= 11 is 2.22. The maximum absolute atomic E-state index is 12.5. The number of hydrogen-bond acceptors (Lipinski definition) is 4. The summed E-state index contributed by atoms with van der Waals surface area (Å²) in [5.74, 6) is -0.0623. The van der Waals surface area contributed by atoms with Crippen molar-refractivity contribution in [3.05, 3.63) is 39.5 Å². The number of halogens is 1. The van der Waals surface area contributed by atoms with Gasteiger partial charge in [0.1, 0.15) is 0 Å². The maximum Gasteiger partial charge on any atom is 0.296 e. The Kier molecular flexibility index (Phi) is 10.2. The Bertz CT molecular complexity index is 704. The highest BCUT2D eigenvalue weighted by Gasteiger charge is 2.35. The zero-order valence-electron chi connectivity index (χ0n) is 17.3. The van der Waals surface area contributed by atoms with Gasteiger partial charge in [-0.15, -0.1) is 0 Å². The summed E-state index contributed by atoms with van der Waals surface area (Å²) in [5.41, 5.74) is 2.13. The van der Waals surface area contributed by atoms with Gasteiger partial charge in [-0.3, -0.25) is 4.18 Å². The molecule has 0 saturated carbocycles. The molecule has 154 valence electrons. The number of benzene rings is 1. The predicted molar refractivity (Wildman–Crippen MR) is 123 cm³/mol. The Morgan fingerprint density at radius 1 is 1.15 bits per heavy atom. The summed E-state index contributed by atoms with van der Waals surface area (Å²) in [5, 5.41) is 0. The van der Waals surface area contributed by atoms with E-state index in [0.717, 1.165) is 29.3 Å². The second-order valence-corrected chi connectivity index (χ2v) is 14.1. The number of aryl methyl sites for hydroxylation is 1. The van der Waals surface area contributed by atoms with Crippen LogP contribution in [0.4, 0.5) is 0 Å². The molecule has 1 rings (SSSR count). The van der Waals surface area contributed by atoms with Gasteiger partial charge in [-0.1, -0.05) is 68.0 Å². The molecule has 0 heterocycles. The molecule has 0 unspecified atom stereocenters. The van der Waals surface area contributed by atoms with Crippen LogP contribution in [0, 0.1) is 12.8 Å². The fraction of sp³-hybridized carbons (Fsp3) is 0.600. The summed E-state index contributed by atoms with van der Waals surface area (Å²) < 4.78 is 39.1. The Balaban J connectivity index is 2.94. The molecule has 0 radical (unpaired) electrons. The highest BCUT2D eigenvalue weighted by molar-refractivity contribution is 14.1. The first kappa shape index (κ1) is 24.8. The molecule has 1 aromatic rings. The van der Waals surface area contributed by atoms with Gasteiger partial charge in [0.05, 0.1) is 17.6 Å². The van der Waals surface area contributed by atoms with E-state index in [1.54, 1.807) is 24.3 Å². The maximum atomic E-state index is 12.5. The van der Waals surface area contributed by atoms with Crippen molar-refractivity contribution < 1.29 is 17.0 Å². The van der Waals surface area contributed by atoms with E-state index in [1.165, 1.54) is 0 Å². The van der Waals surface area contributed by atoms with E-state index in [9.17, 15) is 8.42 Å². The molecule has 0 aliphatic rings. The van der Waals surface area contributed by atoms with Crippen molar-refractivity contribution in [1.82, 2.24) is 0 Å². The van der Waals surface area contributed by atoms with Gasteiger partial charge >= 0.3 is 0 Å². The predicted octanol–water partition coefficient (Wildman–Crippen LogP) is 6.07. The lowest BCUT2D eigenvalue weighted by Crippen LogP contribution is -2.43. The fourth-order valence-corrected chi connectivity index (χ4v) is 7.36. The van der Waals surface area contributed by atoms with E-state index >= 15 is 0 Å². The van der Waals surface area contributed by atoms with Crippen LogP contribution < -0.4 is 0 Å². The Morgan fingerprint density at radius 3 is 2.11 bits per heavy atom. The van der Waals surface area contributed by atoms with E-state index in [2.05, 4.69) is 43.4 Å². The standard InChI is InChI=1S/C20H33IO4SSi/c1-7-27(8-2,9-3)25-20(17(5)14-21)18(6)15-24-26(22,23)19-12-10-16(4)11-13-19/h10-14,18,20H,7-9,15H2,1-6H3/b17-14+/t18-,20+/m1/s1. The lowest BCUT2D eigenvalue weighted by Gasteiger charge is -2.36. The first-order valence-electron chi connectivity index (χ1n) is 9.55. The van der Waals surface area contributed by atoms with Gasteiger partial charge in [0.15, 0.2) is 8.32 Å². The monoisotopic (exact) mass is 524 g/mol. The molecule has 7 heteroatoms. The molecule has 0 N–H and O–H groups in total. The third-order valence-corrected chi connectivity index (χ3v) is 12.1. The Labute approximate surface area is 180 Å². The van der Waals surface area contributed by atoms with Crippen molar-refractivity contribution in [1.29, 1.82) is 0 Å². The van der Waals surface area contributed by atoms with E-state index in [1.807, 2.05) is 24.9 Å². The lowest BCUT2D eigenvalue weighted by molar-refractivity contribution is 0.124. The van der Waals surface area contributed by atoms with Gasteiger partial charge in [0, 0.05) is 5.92 Å². The third-order valence-electron chi connectivity index (χ3n) is 5.24. The second kappa shape index (κ2) is 11.1. The lowest BCUT2D eigenvalue weighted by atomic mass is 10.0. The molecular weight excluding hydrogens is 491 g/mol. The molecule has 1 aromatic carbocycles. The molecule has 0 spiro atoms. The van der Waals surface area contributed by atoms with Crippen molar-refractivity contribution in [3.8, 4) is 0 Å². The molecule has 0 saturated heterocycles. The minimum absolute atomic E-state index is 0.0623. The van der Waals surface area contributed by atoms with Crippen molar-refractivity contribution in [3.63, 3.8) is 0 Å². The fourth-order valence-electron chi connectivity index (χ4n) is 3.05. The highest BCUT2D eigenvalue weighted by Crippen LogP contribution is 2.30. The first-order valence-corrected chi connectivity index (χ1v) is 14.7. The van der Waals surface area contributed by atoms with Crippen LogP contribution in [0.5, 0.6) is 0 Å². The Hall–Kier alpha value is -0.223. The van der Waals surface area contributed by atoms with Crippen LogP contribution in [0.1, 0.15) is 40.2 Å². The van der Waals surface area contributed by atoms with Crippen LogP contribution in [0.3, 0.4) is 0 Å². The summed E-state index contributed by atoms with van der Waals surface area (Å²) in [6, 6.07) is 9.89. The summed E-state index contributed by atoms with van der Waals surface area (Å²) in [6.45, 7) is 12.7. The molecule has 0 aliphatic heterocycles. The molecule has 0 aliphatic carbocycles. The molecule has 27 heavy (non-hydrogen) atoms. The van der Waals surface area contributed by atoms with Crippen LogP contribution in [-0.2, 0) is 18.7 Å². The minimum Gasteiger partial charge on any atom is -0.410 e. The average Bonchev–Trinajstić information content (AvgIpc) is 2.67. The van der Waals surface area contributed by atoms with Crippen molar-refractivity contribution in [2.45, 2.75) is 70.7 Å². The van der Waals surface area contributed by atoms with E-state index in [4.69, 9.17) is 8.61 Å². The zero-order chi connectivity index (χ0) is 20.7. The summed E-state index contributed by atoms with van der Waals surface area (Å²) in [6.07, 6.45) is -0.123. The smallest absolute Gasteiger partial charge is 0.296 e. The van der Waals surface area contributed by atoms with Crippen LogP contribution in [0.15, 0.2) is 38.8 Å². The quantitative estimate of drug-likeness (QED) is 0.201. The van der Waals surface area contributed by atoms with Gasteiger partial charge in [0.2, 0.25) is 0 Å². The van der Waals surface area contributed by atoms with Gasteiger partial charge in [-0.2, -0.15) is 8.42 Å². The zero-order valence-corrected chi connectivity index (χ0v) is 21.3. The van der Waals surface area contributed by atoms with Gasteiger partial charge < -0.3 is 4.43 Å². The molecule has 0 amide bonds. The molecule has 0 aromatic heterocycles. The SMILES string of the molecule is CC[Si](CC)(CC)O[C@@H](/C(C)=C/I)[C@H](C)COS(=O)(=O)c1ccc(C)cc1. The third kappa shape index (κ3) is 6.95. The molecule has 4 nitrogen and oxygen atoms in total. The largest absolute Gasteiger partial charge is 0.410 e. The normalized spacial score (nSPS) is 15.6. The molecular formula is C20H33IO4SSi. The van der Waals surface area contributed by atoms with Gasteiger partial charge in [-0.25, -0.2) is 0 Å².